The summed E-state index contributed by atoms with van der Waals surface area (Å²) in [5.41, 5.74) is 1.53. The van der Waals surface area contributed by atoms with E-state index in [0.717, 1.165) is 11.3 Å². The highest BCUT2D eigenvalue weighted by atomic mass is 32.2. The molecule has 0 radical (unpaired) electrons. The molecule has 2 aliphatic rings. The zero-order valence-corrected chi connectivity index (χ0v) is 17.6. The topological polar surface area (TPSA) is 134 Å². The molecule has 0 saturated carbocycles. The fraction of sp³-hybridized carbons (Fsp3) is 0.474. The zero-order chi connectivity index (χ0) is 21.3. The fourth-order valence-electron chi connectivity index (χ4n) is 3.55. The first-order valence-corrected chi connectivity index (χ1v) is 11.5. The van der Waals surface area contributed by atoms with Gasteiger partial charge in [0.2, 0.25) is 0 Å². The number of ether oxygens (including phenoxy) is 2. The van der Waals surface area contributed by atoms with Gasteiger partial charge in [0.1, 0.15) is 18.1 Å². The number of benzene rings is 1. The maximum Gasteiger partial charge on any atom is 0.407 e. The molecule has 3 heterocycles. The zero-order valence-electron chi connectivity index (χ0n) is 16.8. The number of anilines is 3. The Morgan fingerprint density at radius 1 is 1.37 bits per heavy atom. The minimum Gasteiger partial charge on any atom is -0.444 e. The summed E-state index contributed by atoms with van der Waals surface area (Å²) in [6, 6.07) is 6.99. The van der Waals surface area contributed by atoms with Gasteiger partial charge < -0.3 is 25.4 Å². The standard InChI is InChI=1S/C19H25N5O5S/c1-11(2)20-19(25)29-12-8-18(28-10-12)22-17-9-16(23-24-17)21-14-4-3-5-15-13(14)6-7-30(15,26)27/h3-5,9,11-12,18H,6-8,10H2,1-2H3,(H,20,25)(H3,21,22,23,24). The molecule has 30 heavy (non-hydrogen) atoms. The molecular formula is C19H25N5O5S. The summed E-state index contributed by atoms with van der Waals surface area (Å²) in [5.74, 6) is 1.32. The van der Waals surface area contributed by atoms with Crippen molar-refractivity contribution in [3.05, 3.63) is 29.8 Å². The van der Waals surface area contributed by atoms with Gasteiger partial charge in [0.25, 0.3) is 0 Å². The summed E-state index contributed by atoms with van der Waals surface area (Å²) in [6.45, 7) is 4.04. The Kier molecular flexibility index (Phi) is 5.56. The predicted molar refractivity (Wildman–Crippen MR) is 111 cm³/mol. The van der Waals surface area contributed by atoms with Crippen LogP contribution in [0.15, 0.2) is 29.2 Å². The maximum absolute atomic E-state index is 12.1. The molecule has 4 rings (SSSR count). The van der Waals surface area contributed by atoms with Crippen LogP contribution in [0, 0.1) is 0 Å². The van der Waals surface area contributed by atoms with Crippen LogP contribution in [0.5, 0.6) is 0 Å². The van der Waals surface area contributed by atoms with Crippen LogP contribution in [-0.4, -0.2) is 55.4 Å². The van der Waals surface area contributed by atoms with Gasteiger partial charge in [0, 0.05) is 24.2 Å². The lowest BCUT2D eigenvalue weighted by atomic mass is 10.1. The largest absolute Gasteiger partial charge is 0.444 e. The Balaban J connectivity index is 1.34. The molecule has 2 aromatic rings. The van der Waals surface area contributed by atoms with E-state index in [2.05, 4.69) is 26.1 Å². The second-order valence-corrected chi connectivity index (χ2v) is 9.75. The monoisotopic (exact) mass is 435 g/mol. The smallest absolute Gasteiger partial charge is 0.407 e. The van der Waals surface area contributed by atoms with Gasteiger partial charge in [-0.15, -0.1) is 0 Å². The van der Waals surface area contributed by atoms with Crippen LogP contribution in [0.4, 0.5) is 22.1 Å². The van der Waals surface area contributed by atoms with Crippen molar-refractivity contribution in [1.29, 1.82) is 0 Å². The van der Waals surface area contributed by atoms with Crippen LogP contribution in [0.25, 0.3) is 0 Å². The van der Waals surface area contributed by atoms with Crippen LogP contribution < -0.4 is 16.0 Å². The Labute approximate surface area is 174 Å². The third kappa shape index (κ3) is 4.51. The van der Waals surface area contributed by atoms with E-state index >= 15 is 0 Å². The average molecular weight is 436 g/mol. The van der Waals surface area contributed by atoms with E-state index in [1.54, 1.807) is 18.2 Å². The molecule has 162 valence electrons. The molecule has 0 spiro atoms. The van der Waals surface area contributed by atoms with Crippen LogP contribution in [0.1, 0.15) is 25.8 Å². The number of carbonyl (C=O) groups excluding carboxylic acids is 1. The second-order valence-electron chi connectivity index (χ2n) is 7.67. The van der Waals surface area contributed by atoms with Gasteiger partial charge in [0.05, 0.1) is 17.3 Å². The molecule has 0 aliphatic carbocycles. The van der Waals surface area contributed by atoms with E-state index in [1.807, 2.05) is 19.9 Å². The van der Waals surface area contributed by atoms with Crippen molar-refractivity contribution >= 4 is 33.3 Å². The molecule has 2 unspecified atom stereocenters. The number of nitrogens with zero attached hydrogens (tertiary/aromatic N) is 1. The van der Waals surface area contributed by atoms with Crippen molar-refractivity contribution in [1.82, 2.24) is 15.5 Å². The highest BCUT2D eigenvalue weighted by molar-refractivity contribution is 7.91. The van der Waals surface area contributed by atoms with E-state index in [-0.39, 0.29) is 24.1 Å². The van der Waals surface area contributed by atoms with Crippen LogP contribution in [0.3, 0.4) is 0 Å². The van der Waals surface area contributed by atoms with E-state index in [1.165, 1.54) is 0 Å². The first kappa shape index (κ1) is 20.5. The van der Waals surface area contributed by atoms with Gasteiger partial charge in [-0.25, -0.2) is 13.2 Å². The molecule has 2 atom stereocenters. The number of H-pyrrole nitrogens is 1. The number of fused-ring (bicyclic) bond motifs is 1. The molecular weight excluding hydrogens is 410 g/mol. The third-order valence-corrected chi connectivity index (χ3v) is 6.68. The van der Waals surface area contributed by atoms with Crippen molar-refractivity contribution in [3.8, 4) is 0 Å². The molecule has 1 aromatic carbocycles. The highest BCUT2D eigenvalue weighted by Gasteiger charge is 2.30. The Morgan fingerprint density at radius 2 is 2.20 bits per heavy atom. The fourth-order valence-corrected chi connectivity index (χ4v) is 5.12. The average Bonchev–Trinajstić information content (AvgIpc) is 3.36. The minimum absolute atomic E-state index is 0.00896. The normalized spacial score (nSPS) is 22.0. The molecule has 2 aliphatic heterocycles. The maximum atomic E-state index is 12.1. The number of aromatic amines is 1. The van der Waals surface area contributed by atoms with E-state index in [9.17, 15) is 13.2 Å². The number of aromatic nitrogens is 2. The first-order valence-electron chi connectivity index (χ1n) is 9.82. The van der Waals surface area contributed by atoms with Crippen molar-refractivity contribution in [3.63, 3.8) is 0 Å². The molecule has 0 bridgehead atoms. The van der Waals surface area contributed by atoms with Gasteiger partial charge in [-0.05, 0) is 38.0 Å². The highest BCUT2D eigenvalue weighted by Crippen LogP contribution is 2.33. The van der Waals surface area contributed by atoms with E-state index in [4.69, 9.17) is 9.47 Å². The number of alkyl carbamates (subject to hydrolysis) is 1. The summed E-state index contributed by atoms with van der Waals surface area (Å²) in [7, 11) is -3.19. The van der Waals surface area contributed by atoms with Gasteiger partial charge in [0.15, 0.2) is 15.7 Å². The van der Waals surface area contributed by atoms with E-state index < -0.39 is 15.9 Å². The number of amides is 1. The van der Waals surface area contributed by atoms with Crippen molar-refractivity contribution in [2.45, 2.75) is 50.0 Å². The number of carbonyl (C=O) groups is 1. The van der Waals surface area contributed by atoms with E-state index in [0.29, 0.717) is 36.0 Å². The van der Waals surface area contributed by atoms with Gasteiger partial charge in [-0.2, -0.15) is 5.10 Å². The molecule has 10 nitrogen and oxygen atoms in total. The van der Waals surface area contributed by atoms with Gasteiger partial charge in [-0.3, -0.25) is 5.10 Å². The number of hydrogen-bond donors (Lipinski definition) is 4. The number of nitrogens with one attached hydrogen (secondary N) is 4. The molecule has 11 heteroatoms. The quantitative estimate of drug-likeness (QED) is 0.542. The van der Waals surface area contributed by atoms with Crippen LogP contribution >= 0.6 is 0 Å². The summed E-state index contributed by atoms with van der Waals surface area (Å²) in [6.07, 6.45) is -0.119. The molecule has 1 amide bonds. The Morgan fingerprint density at radius 3 is 3.00 bits per heavy atom. The predicted octanol–water partition coefficient (Wildman–Crippen LogP) is 2.14. The Bertz CT molecular complexity index is 1040. The first-order chi connectivity index (χ1) is 14.3. The van der Waals surface area contributed by atoms with Crippen molar-refractivity contribution in [2.75, 3.05) is 23.0 Å². The van der Waals surface area contributed by atoms with Crippen LogP contribution in [0.2, 0.25) is 0 Å². The minimum atomic E-state index is -3.19. The third-order valence-electron chi connectivity index (χ3n) is 4.89. The molecule has 1 aromatic heterocycles. The number of sulfone groups is 1. The van der Waals surface area contributed by atoms with Gasteiger partial charge >= 0.3 is 6.09 Å². The SMILES string of the molecule is CC(C)NC(=O)OC1COC(Nc2cc(Nc3cccc4c3CCS4(=O)=O)[nH]n2)C1. The lowest BCUT2D eigenvalue weighted by Crippen LogP contribution is -2.34. The Hall–Kier alpha value is -2.79. The van der Waals surface area contributed by atoms with Crippen LogP contribution in [-0.2, 0) is 25.7 Å². The van der Waals surface area contributed by atoms with Gasteiger partial charge in [-0.1, -0.05) is 6.07 Å². The molecule has 1 saturated heterocycles. The number of rotatable bonds is 6. The second kappa shape index (κ2) is 8.15. The number of hydrogen-bond acceptors (Lipinski definition) is 8. The summed E-state index contributed by atoms with van der Waals surface area (Å²) in [4.78, 5) is 12.1. The molecule has 1 fully saturated rings. The summed E-state index contributed by atoms with van der Waals surface area (Å²) in [5, 5.41) is 16.1. The van der Waals surface area contributed by atoms with Crippen molar-refractivity contribution < 1.29 is 22.7 Å². The summed E-state index contributed by atoms with van der Waals surface area (Å²) < 4.78 is 35.1. The molecule has 4 N–H and O–H groups in total. The lowest BCUT2D eigenvalue weighted by Gasteiger charge is -2.13. The van der Waals surface area contributed by atoms with Crippen molar-refractivity contribution in [2.24, 2.45) is 0 Å². The summed E-state index contributed by atoms with van der Waals surface area (Å²) >= 11 is 0. The lowest BCUT2D eigenvalue weighted by molar-refractivity contribution is 0.0739.